The van der Waals surface area contributed by atoms with Crippen LogP contribution >= 0.6 is 0 Å². The fourth-order valence-corrected chi connectivity index (χ4v) is 3.29. The van der Waals surface area contributed by atoms with Gasteiger partial charge in [-0.3, -0.25) is 5.32 Å². The molecule has 3 aromatic carbocycles. The van der Waals surface area contributed by atoms with Gasteiger partial charge >= 0.3 is 12.1 Å². The maximum atomic E-state index is 12.7. The molecule has 0 spiro atoms. The highest BCUT2D eigenvalue weighted by atomic mass is 16.6. The Morgan fingerprint density at radius 2 is 1.81 bits per heavy atom. The van der Waals surface area contributed by atoms with Gasteiger partial charge in [-0.05, 0) is 29.1 Å². The first kappa shape index (κ1) is 21.7. The zero-order valence-corrected chi connectivity index (χ0v) is 17.1. The lowest BCUT2D eigenvalue weighted by atomic mass is 9.96. The van der Waals surface area contributed by atoms with E-state index in [4.69, 9.17) is 14.6 Å². The van der Waals surface area contributed by atoms with Gasteiger partial charge in [0.1, 0.15) is 6.10 Å². The number of phenolic OH excluding ortho intramolecular Hbond substituents is 1. The lowest BCUT2D eigenvalue weighted by Crippen LogP contribution is -2.21. The fourth-order valence-electron chi connectivity index (χ4n) is 3.29. The minimum Gasteiger partial charge on any atom is -0.504 e. The summed E-state index contributed by atoms with van der Waals surface area (Å²) in [4.78, 5) is 23.7. The molecule has 2 atom stereocenters. The number of hydrogen-bond donors (Lipinski definition) is 3. The molecule has 31 heavy (non-hydrogen) atoms. The van der Waals surface area contributed by atoms with Gasteiger partial charge in [-0.25, -0.2) is 9.59 Å². The Kier molecular flexibility index (Phi) is 6.77. The van der Waals surface area contributed by atoms with E-state index >= 15 is 0 Å². The number of rotatable bonds is 7. The Balaban J connectivity index is 1.87. The molecule has 160 valence electrons. The fraction of sp³-hybridized carbons (Fsp3) is 0.167. The van der Waals surface area contributed by atoms with Crippen molar-refractivity contribution in [2.75, 3.05) is 12.4 Å². The third kappa shape index (κ3) is 5.33. The van der Waals surface area contributed by atoms with Crippen LogP contribution in [0, 0.1) is 5.92 Å². The third-order valence-corrected chi connectivity index (χ3v) is 4.81. The van der Waals surface area contributed by atoms with Gasteiger partial charge in [0, 0.05) is 17.4 Å². The Hall–Kier alpha value is -4.00. The maximum Gasteiger partial charge on any atom is 0.412 e. The van der Waals surface area contributed by atoms with Gasteiger partial charge in [-0.2, -0.15) is 0 Å². The van der Waals surface area contributed by atoms with Crippen molar-refractivity contribution < 1.29 is 29.3 Å². The van der Waals surface area contributed by atoms with E-state index < -0.39 is 24.1 Å². The number of fused-ring (bicyclic) bond motifs is 1. The number of amides is 1. The molecule has 0 radical (unpaired) electrons. The second-order valence-electron chi connectivity index (χ2n) is 6.97. The van der Waals surface area contributed by atoms with Crippen LogP contribution in [-0.2, 0) is 9.53 Å². The largest absolute Gasteiger partial charge is 0.504 e. The van der Waals surface area contributed by atoms with Crippen LogP contribution < -0.4 is 10.1 Å². The molecule has 0 aromatic heterocycles. The van der Waals surface area contributed by atoms with Crippen LogP contribution in [0.3, 0.4) is 0 Å². The lowest BCUT2D eigenvalue weighted by Gasteiger charge is -2.23. The maximum absolute atomic E-state index is 12.7. The van der Waals surface area contributed by atoms with E-state index in [1.54, 1.807) is 25.1 Å². The van der Waals surface area contributed by atoms with Gasteiger partial charge in [0.05, 0.1) is 12.8 Å². The summed E-state index contributed by atoms with van der Waals surface area (Å²) in [5.41, 5.74) is 1.09. The Morgan fingerprint density at radius 3 is 2.52 bits per heavy atom. The van der Waals surface area contributed by atoms with Crippen LogP contribution in [0.15, 0.2) is 72.8 Å². The molecule has 0 bridgehead atoms. The molecule has 0 saturated carbocycles. The molecule has 3 N–H and O–H groups in total. The minimum absolute atomic E-state index is 0.113. The number of carbonyl (C=O) groups is 2. The number of hydrogen-bond acceptors (Lipinski definition) is 5. The lowest BCUT2D eigenvalue weighted by molar-refractivity contribution is -0.131. The van der Waals surface area contributed by atoms with E-state index in [2.05, 4.69) is 5.32 Å². The topological polar surface area (TPSA) is 105 Å². The Bertz CT molecular complexity index is 1120. The molecule has 0 aliphatic carbocycles. The zero-order chi connectivity index (χ0) is 22.4. The second-order valence-corrected chi connectivity index (χ2v) is 6.97. The summed E-state index contributed by atoms with van der Waals surface area (Å²) in [6, 6.07) is 17.8. The van der Waals surface area contributed by atoms with Crippen molar-refractivity contribution >= 4 is 28.5 Å². The first-order valence-electron chi connectivity index (χ1n) is 9.62. The highest BCUT2D eigenvalue weighted by Gasteiger charge is 2.24. The monoisotopic (exact) mass is 421 g/mol. The van der Waals surface area contributed by atoms with Crippen molar-refractivity contribution in [3.8, 4) is 11.5 Å². The van der Waals surface area contributed by atoms with Gasteiger partial charge in [-0.1, -0.05) is 55.5 Å². The molecule has 3 rings (SSSR count). The normalized spacial score (nSPS) is 13.0. The predicted molar refractivity (Wildman–Crippen MR) is 117 cm³/mol. The number of nitrogens with one attached hydrogen (secondary N) is 1. The summed E-state index contributed by atoms with van der Waals surface area (Å²) >= 11 is 0. The highest BCUT2D eigenvalue weighted by molar-refractivity contribution is 6.00. The Morgan fingerprint density at radius 1 is 1.06 bits per heavy atom. The average Bonchev–Trinajstić information content (AvgIpc) is 2.76. The molecule has 0 heterocycles. The number of carboxylic acid groups (broad SMARTS) is 1. The molecular formula is C24H23NO6. The molecule has 0 aliphatic rings. The summed E-state index contributed by atoms with van der Waals surface area (Å²) < 4.78 is 10.7. The number of phenols is 1. The van der Waals surface area contributed by atoms with Crippen molar-refractivity contribution in [2.24, 2.45) is 5.92 Å². The standard InChI is InChI=1S/C24H23NO6/c1-15(10-13-22(27)28)23(17-11-12-21(30-2)20(26)14-17)31-24(29)25-19-9-5-7-16-6-3-4-8-18(16)19/h3-15,23,26H,1-2H3,(H,25,29)(H,27,28)/b13-10+/t15-,23-/m1/s1. The predicted octanol–water partition coefficient (Wildman–Crippen LogP) is 5.12. The molecule has 1 amide bonds. The molecule has 7 heteroatoms. The first-order chi connectivity index (χ1) is 14.9. The second kappa shape index (κ2) is 9.67. The van der Waals surface area contributed by atoms with Crippen LogP contribution in [-0.4, -0.2) is 29.4 Å². The van der Waals surface area contributed by atoms with E-state index in [9.17, 15) is 14.7 Å². The molecule has 0 saturated heterocycles. The number of aromatic hydroxyl groups is 1. The highest BCUT2D eigenvalue weighted by Crippen LogP contribution is 2.34. The summed E-state index contributed by atoms with van der Waals surface area (Å²) in [6.45, 7) is 1.72. The van der Waals surface area contributed by atoms with Crippen molar-refractivity contribution in [1.29, 1.82) is 0 Å². The quantitative estimate of drug-likeness (QED) is 0.457. The number of methoxy groups -OCH3 is 1. The van der Waals surface area contributed by atoms with Gasteiger partial charge in [0.2, 0.25) is 0 Å². The van der Waals surface area contributed by atoms with Crippen LogP contribution in [0.4, 0.5) is 10.5 Å². The van der Waals surface area contributed by atoms with E-state index in [-0.39, 0.29) is 11.5 Å². The SMILES string of the molecule is COc1ccc([C@H](OC(=O)Nc2cccc3ccccc23)[C@H](C)/C=C/C(=O)O)cc1O. The minimum atomic E-state index is -1.11. The van der Waals surface area contributed by atoms with Crippen LogP contribution in [0.25, 0.3) is 10.8 Å². The number of carbonyl (C=O) groups excluding carboxylic acids is 1. The van der Waals surface area contributed by atoms with E-state index in [0.717, 1.165) is 16.8 Å². The molecular weight excluding hydrogens is 398 g/mol. The third-order valence-electron chi connectivity index (χ3n) is 4.81. The van der Waals surface area contributed by atoms with Gasteiger partial charge in [0.15, 0.2) is 11.5 Å². The average molecular weight is 421 g/mol. The first-order valence-corrected chi connectivity index (χ1v) is 9.62. The van der Waals surface area contributed by atoms with Gasteiger partial charge in [0.25, 0.3) is 0 Å². The molecule has 0 unspecified atom stereocenters. The van der Waals surface area contributed by atoms with Gasteiger partial charge < -0.3 is 19.7 Å². The van der Waals surface area contributed by atoms with Crippen LogP contribution in [0.1, 0.15) is 18.6 Å². The van der Waals surface area contributed by atoms with E-state index in [1.807, 2.05) is 36.4 Å². The number of benzene rings is 3. The van der Waals surface area contributed by atoms with Crippen LogP contribution in [0.2, 0.25) is 0 Å². The van der Waals surface area contributed by atoms with Crippen molar-refractivity contribution in [3.05, 3.63) is 78.4 Å². The summed E-state index contributed by atoms with van der Waals surface area (Å²) in [5.74, 6) is -1.43. The van der Waals surface area contributed by atoms with Gasteiger partial charge in [-0.15, -0.1) is 0 Å². The summed E-state index contributed by atoms with van der Waals surface area (Å²) in [5, 5.41) is 23.7. The van der Waals surface area contributed by atoms with E-state index in [1.165, 1.54) is 19.3 Å². The van der Waals surface area contributed by atoms with Crippen molar-refractivity contribution in [2.45, 2.75) is 13.0 Å². The van der Waals surface area contributed by atoms with Crippen molar-refractivity contribution in [1.82, 2.24) is 0 Å². The molecule has 0 aliphatic heterocycles. The van der Waals surface area contributed by atoms with Crippen LogP contribution in [0.5, 0.6) is 11.5 Å². The van der Waals surface area contributed by atoms with E-state index in [0.29, 0.717) is 11.3 Å². The number of carboxylic acids is 1. The summed E-state index contributed by atoms with van der Waals surface area (Å²) in [6.07, 6.45) is 0.876. The number of ether oxygens (including phenoxy) is 2. The smallest absolute Gasteiger partial charge is 0.412 e. The summed E-state index contributed by atoms with van der Waals surface area (Å²) in [7, 11) is 1.43. The van der Waals surface area contributed by atoms with Crippen molar-refractivity contribution in [3.63, 3.8) is 0 Å². The number of aliphatic carboxylic acids is 1. The Labute approximate surface area is 179 Å². The zero-order valence-electron chi connectivity index (χ0n) is 17.1. The molecule has 3 aromatic rings. The number of anilines is 1. The molecule has 0 fully saturated rings. The molecule has 7 nitrogen and oxygen atoms in total.